The fourth-order valence-corrected chi connectivity index (χ4v) is 1.75. The van der Waals surface area contributed by atoms with Crippen molar-refractivity contribution in [1.29, 1.82) is 0 Å². The minimum absolute atomic E-state index is 0.0379. The first kappa shape index (κ1) is 11.1. The third kappa shape index (κ3) is 1.84. The number of hydrogen-bond acceptors (Lipinski definition) is 5. The molecule has 0 saturated carbocycles. The fraction of sp³-hybridized carbons (Fsp3) is 0. The van der Waals surface area contributed by atoms with Crippen molar-refractivity contribution in [2.75, 3.05) is 0 Å². The molecule has 3 aromatic rings. The minimum Gasteiger partial charge on any atom is -0.265 e. The van der Waals surface area contributed by atoms with Crippen molar-refractivity contribution in [3.63, 3.8) is 0 Å². The highest BCUT2D eigenvalue weighted by atomic mass is 16.6. The van der Waals surface area contributed by atoms with Crippen LogP contribution in [0.3, 0.4) is 0 Å². The van der Waals surface area contributed by atoms with Crippen molar-refractivity contribution >= 4 is 16.6 Å². The lowest BCUT2D eigenvalue weighted by Gasteiger charge is -1.99. The molecule has 19 heavy (non-hydrogen) atoms. The Labute approximate surface area is 105 Å². The number of H-pyrrole nitrogens is 1. The van der Waals surface area contributed by atoms with Gasteiger partial charge in [0.25, 0.3) is 11.2 Å². The Morgan fingerprint density at radius 1 is 1.37 bits per heavy atom. The second-order valence-corrected chi connectivity index (χ2v) is 3.85. The molecule has 0 amide bonds. The lowest BCUT2D eigenvalue weighted by Crippen LogP contribution is -2.07. The van der Waals surface area contributed by atoms with E-state index in [4.69, 9.17) is 0 Å². The molecule has 3 rings (SSSR count). The van der Waals surface area contributed by atoms with E-state index in [-0.39, 0.29) is 11.2 Å². The number of hydrogen-bond donors (Lipinski definition) is 1. The number of non-ortho nitro benzene ring substituents is 1. The lowest BCUT2D eigenvalue weighted by molar-refractivity contribution is -0.384. The molecule has 0 aliphatic heterocycles. The van der Waals surface area contributed by atoms with Gasteiger partial charge < -0.3 is 0 Å². The summed E-state index contributed by atoms with van der Waals surface area (Å²) in [7, 11) is 0. The van der Waals surface area contributed by atoms with Crippen molar-refractivity contribution in [2.24, 2.45) is 0 Å². The van der Waals surface area contributed by atoms with Crippen LogP contribution in [0.2, 0.25) is 0 Å². The molecule has 0 spiro atoms. The monoisotopic (exact) mass is 257 g/mol. The van der Waals surface area contributed by atoms with Gasteiger partial charge in [0.2, 0.25) is 0 Å². The van der Waals surface area contributed by atoms with Crippen molar-refractivity contribution in [3.8, 4) is 5.69 Å². The predicted molar refractivity (Wildman–Crippen MR) is 66.1 cm³/mol. The molecule has 0 aliphatic rings. The molecule has 0 saturated heterocycles. The van der Waals surface area contributed by atoms with E-state index in [1.54, 1.807) is 18.3 Å². The Kier molecular flexibility index (Phi) is 2.34. The molecule has 1 aromatic carbocycles. The van der Waals surface area contributed by atoms with Crippen LogP contribution in [0, 0.1) is 10.1 Å². The Balaban J connectivity index is 2.19. The molecule has 94 valence electrons. The van der Waals surface area contributed by atoms with Gasteiger partial charge in [0.05, 0.1) is 16.8 Å². The maximum Gasteiger partial charge on any atom is 0.292 e. The van der Waals surface area contributed by atoms with E-state index in [0.717, 1.165) is 0 Å². The van der Waals surface area contributed by atoms with Crippen molar-refractivity contribution in [1.82, 2.24) is 20.0 Å². The van der Waals surface area contributed by atoms with Crippen molar-refractivity contribution < 1.29 is 4.92 Å². The maximum atomic E-state index is 11.5. The molecule has 0 aliphatic carbocycles. The van der Waals surface area contributed by atoms with E-state index in [0.29, 0.717) is 11.1 Å². The first-order valence-corrected chi connectivity index (χ1v) is 5.33. The number of nitro groups is 1. The zero-order chi connectivity index (χ0) is 13.4. The number of nitro benzene ring substituents is 1. The van der Waals surface area contributed by atoms with Crippen LogP contribution >= 0.6 is 0 Å². The summed E-state index contributed by atoms with van der Waals surface area (Å²) in [5.74, 6) is 0. The van der Waals surface area contributed by atoms with Gasteiger partial charge in [-0.3, -0.25) is 14.9 Å². The lowest BCUT2D eigenvalue weighted by atomic mass is 10.3. The molecule has 0 fully saturated rings. The second-order valence-electron chi connectivity index (χ2n) is 3.85. The number of benzene rings is 1. The number of fused-ring (bicyclic) bond motifs is 1. The van der Waals surface area contributed by atoms with Crippen LogP contribution in [0.5, 0.6) is 0 Å². The summed E-state index contributed by atoms with van der Waals surface area (Å²) in [4.78, 5) is 21.7. The van der Waals surface area contributed by atoms with Gasteiger partial charge in [-0.25, -0.2) is 9.78 Å². The van der Waals surface area contributed by atoms with Gasteiger partial charge in [0.15, 0.2) is 5.52 Å². The molecule has 2 heterocycles. The SMILES string of the molecule is O=c1[nH]ncc2cn(-c3cccc([N+](=O)[O-])c3)nc12. The smallest absolute Gasteiger partial charge is 0.265 e. The van der Waals surface area contributed by atoms with E-state index in [1.807, 2.05) is 0 Å². The van der Waals surface area contributed by atoms with Gasteiger partial charge in [-0.15, -0.1) is 0 Å². The molecule has 0 atom stereocenters. The van der Waals surface area contributed by atoms with E-state index >= 15 is 0 Å². The predicted octanol–water partition coefficient (Wildman–Crippen LogP) is 1.02. The molecule has 8 nitrogen and oxygen atoms in total. The molecule has 0 radical (unpaired) electrons. The van der Waals surface area contributed by atoms with E-state index in [2.05, 4.69) is 15.3 Å². The standard InChI is InChI=1S/C11H7N5O3/c17-11-10-7(5-12-13-11)6-15(14-10)8-2-1-3-9(4-8)16(18)19/h1-6H,(H,13,17). The van der Waals surface area contributed by atoms with Crippen LogP contribution in [0.15, 0.2) is 41.5 Å². The Hall–Kier alpha value is -3.03. The first-order valence-electron chi connectivity index (χ1n) is 5.33. The Bertz CT molecular complexity index is 835. The van der Waals surface area contributed by atoms with Gasteiger partial charge >= 0.3 is 0 Å². The Morgan fingerprint density at radius 2 is 2.21 bits per heavy atom. The maximum absolute atomic E-state index is 11.5. The highest BCUT2D eigenvalue weighted by molar-refractivity contribution is 5.76. The zero-order valence-corrected chi connectivity index (χ0v) is 9.48. The van der Waals surface area contributed by atoms with Gasteiger partial charge in [-0.2, -0.15) is 10.2 Å². The molecular weight excluding hydrogens is 250 g/mol. The van der Waals surface area contributed by atoms with Crippen LogP contribution < -0.4 is 5.56 Å². The first-order chi connectivity index (χ1) is 9.15. The fourth-order valence-electron chi connectivity index (χ4n) is 1.75. The third-order valence-corrected chi connectivity index (χ3v) is 2.63. The largest absolute Gasteiger partial charge is 0.292 e. The number of aromatic amines is 1. The molecule has 2 aromatic heterocycles. The zero-order valence-electron chi connectivity index (χ0n) is 9.48. The van der Waals surface area contributed by atoms with E-state index in [1.165, 1.54) is 23.0 Å². The summed E-state index contributed by atoms with van der Waals surface area (Å²) >= 11 is 0. The van der Waals surface area contributed by atoms with Gasteiger partial charge in [-0.05, 0) is 6.07 Å². The number of nitrogens with zero attached hydrogens (tertiary/aromatic N) is 4. The topological polar surface area (TPSA) is 107 Å². The molecule has 0 unspecified atom stereocenters. The van der Waals surface area contributed by atoms with E-state index in [9.17, 15) is 14.9 Å². The van der Waals surface area contributed by atoms with Crippen LogP contribution in [0.25, 0.3) is 16.6 Å². The summed E-state index contributed by atoms with van der Waals surface area (Å²) in [6.45, 7) is 0. The molecule has 0 bridgehead atoms. The third-order valence-electron chi connectivity index (χ3n) is 2.63. The van der Waals surface area contributed by atoms with Gasteiger partial charge in [0, 0.05) is 23.7 Å². The van der Waals surface area contributed by atoms with Gasteiger partial charge in [0.1, 0.15) is 0 Å². The summed E-state index contributed by atoms with van der Waals surface area (Å²) in [5, 5.41) is 21.3. The quantitative estimate of drug-likeness (QED) is 0.544. The van der Waals surface area contributed by atoms with Crippen LogP contribution in [0.4, 0.5) is 5.69 Å². The van der Waals surface area contributed by atoms with E-state index < -0.39 is 10.5 Å². The Morgan fingerprint density at radius 3 is 2.95 bits per heavy atom. The summed E-state index contributed by atoms with van der Waals surface area (Å²) in [6, 6.07) is 6.00. The molecular formula is C11H7N5O3. The van der Waals surface area contributed by atoms with Crippen molar-refractivity contribution in [2.45, 2.75) is 0 Å². The van der Waals surface area contributed by atoms with Gasteiger partial charge in [-0.1, -0.05) is 6.07 Å². The summed E-state index contributed by atoms with van der Waals surface area (Å²) < 4.78 is 1.41. The van der Waals surface area contributed by atoms with Crippen LogP contribution in [0.1, 0.15) is 0 Å². The summed E-state index contributed by atoms with van der Waals surface area (Å²) in [5.41, 5.74) is 0.303. The molecule has 1 N–H and O–H groups in total. The number of rotatable bonds is 2. The average molecular weight is 257 g/mol. The highest BCUT2D eigenvalue weighted by Gasteiger charge is 2.10. The van der Waals surface area contributed by atoms with Crippen molar-refractivity contribution in [3.05, 3.63) is 57.1 Å². The minimum atomic E-state index is -0.485. The summed E-state index contributed by atoms with van der Waals surface area (Å²) in [6.07, 6.45) is 3.06. The second kappa shape index (κ2) is 4.02. The highest BCUT2D eigenvalue weighted by Crippen LogP contribution is 2.17. The van der Waals surface area contributed by atoms with Crippen LogP contribution in [-0.2, 0) is 0 Å². The number of nitrogens with one attached hydrogen (secondary N) is 1. The molecule has 8 heteroatoms. The van der Waals surface area contributed by atoms with Crippen LogP contribution in [-0.4, -0.2) is 24.9 Å². The number of aromatic nitrogens is 4. The average Bonchev–Trinajstić information content (AvgIpc) is 2.84. The normalized spacial score (nSPS) is 10.7.